The van der Waals surface area contributed by atoms with Gasteiger partial charge in [-0.15, -0.1) is 0 Å². The van der Waals surface area contributed by atoms with Gasteiger partial charge in [0.05, 0.1) is 211 Å². The number of rotatable bonds is 74. The van der Waals surface area contributed by atoms with Crippen molar-refractivity contribution in [2.24, 2.45) is 0 Å². The number of carboxylic acid groups (broad SMARTS) is 6. The van der Waals surface area contributed by atoms with Crippen molar-refractivity contribution in [2.45, 2.75) is 75.5 Å². The van der Waals surface area contributed by atoms with Crippen LogP contribution in [0, 0.1) is 0 Å². The molecule has 0 aromatic rings. The van der Waals surface area contributed by atoms with Gasteiger partial charge in [-0.05, 0) is 25.7 Å². The highest BCUT2D eigenvalue weighted by molar-refractivity contribution is 5.88. The lowest BCUT2D eigenvalue weighted by atomic mass is 10.1. The molecule has 0 saturated carbocycles. The van der Waals surface area contributed by atoms with Gasteiger partial charge in [0.2, 0.25) is 11.8 Å². The molecule has 564 valence electrons. The predicted molar refractivity (Wildman–Crippen MR) is 333 cm³/mol. The fourth-order valence-electron chi connectivity index (χ4n) is 7.23. The summed E-state index contributed by atoms with van der Waals surface area (Å²) in [7, 11) is 0. The molecule has 0 aromatic carbocycles. The van der Waals surface area contributed by atoms with E-state index in [0.29, 0.717) is 198 Å². The first-order chi connectivity index (χ1) is 46.9. The Labute approximate surface area is 563 Å². The summed E-state index contributed by atoms with van der Waals surface area (Å²) in [6.07, 6.45) is -2.92. The molecule has 0 unspecified atom stereocenters. The number of carbonyl (C=O) groups is 10. The second-order valence-corrected chi connectivity index (χ2v) is 20.0. The average Bonchev–Trinajstić information content (AvgIpc) is 1.35. The van der Waals surface area contributed by atoms with Crippen LogP contribution in [0.4, 0.5) is 9.59 Å². The number of aliphatic carboxylic acids is 6. The zero-order valence-corrected chi connectivity index (χ0v) is 55.2. The Kier molecular flexibility index (Phi) is 62.4. The lowest BCUT2D eigenvalue weighted by molar-refractivity contribution is -0.142. The smallest absolute Gasteiger partial charge is 0.326 e. The summed E-state index contributed by atoms with van der Waals surface area (Å²) in [5.74, 6) is -9.36. The zero-order valence-electron chi connectivity index (χ0n) is 55.2. The van der Waals surface area contributed by atoms with Gasteiger partial charge in [-0.25, -0.2) is 28.8 Å². The quantitative estimate of drug-likeness (QED) is 0.0266. The van der Waals surface area contributed by atoms with E-state index in [-0.39, 0.29) is 65.2 Å². The van der Waals surface area contributed by atoms with Crippen LogP contribution >= 0.6 is 0 Å². The SMILES string of the molecule is O=C(O)CC[C@H](NC(=O)N[C@@H](CCC(=O)NCCOCCOCCOCCOCCOCCOCCOCCOCCNCCOCCOCCOCCOCCOCCOCCOCCOCCNC(=O)CC[C@H](NC(=O)N[C@@H](CCC(=O)O)C(=O)O)C(=O)O)C(=O)O)C(=O)O. The van der Waals surface area contributed by atoms with Gasteiger partial charge in [-0.1, -0.05) is 0 Å². The van der Waals surface area contributed by atoms with Crippen molar-refractivity contribution >= 4 is 59.7 Å². The third kappa shape index (κ3) is 64.1. The highest BCUT2D eigenvalue weighted by atomic mass is 16.6. The van der Waals surface area contributed by atoms with E-state index >= 15 is 0 Å². The third-order valence-electron chi connectivity index (χ3n) is 12.2. The van der Waals surface area contributed by atoms with Crippen LogP contribution in [0.2, 0.25) is 0 Å². The van der Waals surface area contributed by atoms with Gasteiger partial charge in [0.15, 0.2) is 0 Å². The number of hydrogen-bond donors (Lipinski definition) is 13. The van der Waals surface area contributed by atoms with Crippen LogP contribution in [-0.4, -0.2) is 352 Å². The van der Waals surface area contributed by atoms with Gasteiger partial charge in [0.1, 0.15) is 24.2 Å². The summed E-state index contributed by atoms with van der Waals surface area (Å²) in [5, 5.41) is 71.0. The molecule has 0 saturated heterocycles. The normalized spacial score (nSPS) is 12.5. The molecule has 6 amide bonds. The van der Waals surface area contributed by atoms with E-state index in [1.807, 2.05) is 10.6 Å². The van der Waals surface area contributed by atoms with Gasteiger partial charge < -0.3 is 144 Å². The molecule has 97 heavy (non-hydrogen) atoms. The summed E-state index contributed by atoms with van der Waals surface area (Å²) < 4.78 is 87.7. The molecule has 0 aromatic heterocycles. The van der Waals surface area contributed by atoms with Gasteiger partial charge in [0.25, 0.3) is 0 Å². The molecular formula is C58H105N7O32. The molecular weight excluding hydrogens is 1310 g/mol. The maximum atomic E-state index is 12.1. The number of urea groups is 2. The lowest BCUT2D eigenvalue weighted by Crippen LogP contribution is -2.51. The molecule has 0 aliphatic rings. The Bertz CT molecular complexity index is 1920. The van der Waals surface area contributed by atoms with E-state index < -0.39 is 110 Å². The number of carboxylic acids is 6. The third-order valence-corrected chi connectivity index (χ3v) is 12.2. The van der Waals surface area contributed by atoms with Crippen LogP contribution < -0.4 is 37.2 Å². The number of carbonyl (C=O) groups excluding carboxylic acids is 4. The topological polar surface area (TPSA) is 524 Å². The first-order valence-corrected chi connectivity index (χ1v) is 31.9. The van der Waals surface area contributed by atoms with Gasteiger partial charge >= 0.3 is 47.9 Å². The molecule has 13 N–H and O–H groups in total. The second kappa shape index (κ2) is 66.8. The summed E-state index contributed by atoms with van der Waals surface area (Å²) in [5.41, 5.74) is 0. The van der Waals surface area contributed by atoms with Crippen molar-refractivity contribution in [3.8, 4) is 0 Å². The number of amides is 6. The van der Waals surface area contributed by atoms with E-state index in [1.165, 1.54) is 0 Å². The van der Waals surface area contributed by atoms with E-state index in [9.17, 15) is 58.2 Å². The largest absolute Gasteiger partial charge is 0.481 e. The highest BCUT2D eigenvalue weighted by Gasteiger charge is 2.27. The predicted octanol–water partition coefficient (Wildman–Crippen LogP) is -3.22. The van der Waals surface area contributed by atoms with Crippen molar-refractivity contribution in [3.05, 3.63) is 0 Å². The van der Waals surface area contributed by atoms with Crippen molar-refractivity contribution in [3.63, 3.8) is 0 Å². The monoisotopic (exact) mass is 1410 g/mol. The molecule has 0 aliphatic carbocycles. The minimum absolute atomic E-state index is 0.145. The van der Waals surface area contributed by atoms with Crippen LogP contribution in [0.25, 0.3) is 0 Å². The molecule has 0 bridgehead atoms. The maximum Gasteiger partial charge on any atom is 0.326 e. The van der Waals surface area contributed by atoms with Crippen LogP contribution in [0.5, 0.6) is 0 Å². The first kappa shape index (κ1) is 90.6. The Morgan fingerprint density at radius 2 is 0.392 bits per heavy atom. The summed E-state index contributed by atoms with van der Waals surface area (Å²) in [4.78, 5) is 115. The molecule has 39 nitrogen and oxygen atoms in total. The Morgan fingerprint density at radius 1 is 0.227 bits per heavy atom. The average molecular weight is 1410 g/mol. The zero-order chi connectivity index (χ0) is 71.5. The lowest BCUT2D eigenvalue weighted by Gasteiger charge is -2.18. The number of hydrogen-bond acceptors (Lipinski definition) is 27. The summed E-state index contributed by atoms with van der Waals surface area (Å²) in [6, 6.07) is -8.33. The summed E-state index contributed by atoms with van der Waals surface area (Å²) in [6.45, 7) is 14.1. The fourth-order valence-corrected chi connectivity index (χ4v) is 7.23. The number of nitrogens with one attached hydrogen (secondary N) is 7. The van der Waals surface area contributed by atoms with Gasteiger partial charge in [-0.2, -0.15) is 0 Å². The van der Waals surface area contributed by atoms with Gasteiger partial charge in [0, 0.05) is 51.9 Å². The molecule has 0 aliphatic heterocycles. The van der Waals surface area contributed by atoms with Crippen LogP contribution in [-0.2, 0) is 114 Å². The van der Waals surface area contributed by atoms with Crippen molar-refractivity contribution in [1.29, 1.82) is 0 Å². The second-order valence-electron chi connectivity index (χ2n) is 20.0. The maximum absolute atomic E-state index is 12.1. The van der Waals surface area contributed by atoms with Crippen molar-refractivity contribution in [2.75, 3.05) is 238 Å². The minimum atomic E-state index is -1.54. The highest BCUT2D eigenvalue weighted by Crippen LogP contribution is 2.04. The Morgan fingerprint density at radius 3 is 0.567 bits per heavy atom. The molecule has 39 heteroatoms. The van der Waals surface area contributed by atoms with E-state index in [1.54, 1.807) is 0 Å². The molecule has 0 radical (unpaired) electrons. The molecule has 0 fully saturated rings. The first-order valence-electron chi connectivity index (χ1n) is 31.9. The molecule has 4 atom stereocenters. The van der Waals surface area contributed by atoms with Gasteiger partial charge in [-0.3, -0.25) is 19.2 Å². The van der Waals surface area contributed by atoms with Crippen molar-refractivity contribution in [1.82, 2.24) is 37.2 Å². The summed E-state index contributed by atoms with van der Waals surface area (Å²) >= 11 is 0. The standard InChI is InChI=1S/C58H105N7O32/c66-49(5-1-45(53(72)73)62-57(80)64-47(55(76)77)3-7-51(68)69)60-11-15-84-19-23-88-27-31-92-35-39-96-43-41-94-37-33-90-29-25-86-21-17-82-13-9-59-10-14-83-18-22-87-26-30-91-34-38-95-42-44-97-40-36-93-32-28-89-24-20-85-16-12-61-50(67)6-2-46(54(74)75)63-58(81)65-48(56(78)79)4-8-52(70)71/h45-48,59H,1-44H2,(H,60,66)(H,61,67)(H,68,69)(H,70,71)(H,72,73)(H,74,75)(H,76,77)(H,78,79)(H2,62,64,80)(H2,63,65,81)/t45-,46-,47-,48-/m0/s1. The van der Waals surface area contributed by atoms with Crippen molar-refractivity contribution < 1.29 is 154 Å². The Hall–Kier alpha value is -6.38. The minimum Gasteiger partial charge on any atom is -0.481 e. The molecule has 0 heterocycles. The fraction of sp³-hybridized carbons (Fsp3) is 0.828. The van der Waals surface area contributed by atoms with Crippen LogP contribution in [0.3, 0.4) is 0 Å². The van der Waals surface area contributed by atoms with Crippen LogP contribution in [0.1, 0.15) is 51.4 Å². The van der Waals surface area contributed by atoms with Crippen LogP contribution in [0.15, 0.2) is 0 Å². The Balaban J connectivity index is 3.38. The molecule has 0 rings (SSSR count). The number of ether oxygens (including phenoxy) is 16. The van der Waals surface area contributed by atoms with E-state index in [0.717, 1.165) is 0 Å². The van der Waals surface area contributed by atoms with E-state index in [4.69, 9.17) is 96.2 Å². The molecule has 0 spiro atoms. The van der Waals surface area contributed by atoms with E-state index in [2.05, 4.69) is 26.6 Å².